The van der Waals surface area contributed by atoms with E-state index in [4.69, 9.17) is 10.4 Å². The summed E-state index contributed by atoms with van der Waals surface area (Å²) in [4.78, 5) is 35.5. The van der Waals surface area contributed by atoms with Crippen molar-refractivity contribution in [2.45, 2.75) is 17.5 Å². The highest BCUT2D eigenvalue weighted by Gasteiger charge is 2.20. The van der Waals surface area contributed by atoms with E-state index in [9.17, 15) is 14.4 Å². The van der Waals surface area contributed by atoms with Gasteiger partial charge in [0.25, 0.3) is 5.91 Å². The van der Waals surface area contributed by atoms with Gasteiger partial charge in [0.2, 0.25) is 5.91 Å². The Hall–Kier alpha value is -3.51. The Balaban J connectivity index is 1.98. The SMILES string of the molecule is N#CCNC(=O)C(CNC(=O)c1cccc(CNC(=O)O)c1)SCc1ccccc1. The Morgan fingerprint density at radius 2 is 1.73 bits per heavy atom. The van der Waals surface area contributed by atoms with Crippen molar-refractivity contribution < 1.29 is 19.5 Å². The number of nitriles is 1. The Labute approximate surface area is 178 Å². The fraction of sp³-hybridized carbons (Fsp3) is 0.238. The van der Waals surface area contributed by atoms with Crippen LogP contribution in [0.1, 0.15) is 21.5 Å². The minimum Gasteiger partial charge on any atom is -0.465 e. The highest BCUT2D eigenvalue weighted by molar-refractivity contribution is 7.99. The average Bonchev–Trinajstić information content (AvgIpc) is 2.76. The summed E-state index contributed by atoms with van der Waals surface area (Å²) < 4.78 is 0. The lowest BCUT2D eigenvalue weighted by atomic mass is 10.1. The van der Waals surface area contributed by atoms with Gasteiger partial charge in [0.15, 0.2) is 0 Å². The predicted octanol–water partition coefficient (Wildman–Crippen LogP) is 2.13. The van der Waals surface area contributed by atoms with Crippen LogP contribution < -0.4 is 16.0 Å². The lowest BCUT2D eigenvalue weighted by molar-refractivity contribution is -0.120. The van der Waals surface area contributed by atoms with Gasteiger partial charge in [0.05, 0.1) is 6.07 Å². The molecular weight excluding hydrogens is 404 g/mol. The maximum atomic E-state index is 12.5. The topological polar surface area (TPSA) is 131 Å². The molecule has 30 heavy (non-hydrogen) atoms. The molecule has 0 saturated heterocycles. The Kier molecular flexibility index (Phi) is 9.21. The number of nitrogens with one attached hydrogen (secondary N) is 3. The van der Waals surface area contributed by atoms with Crippen molar-refractivity contribution >= 4 is 29.7 Å². The van der Waals surface area contributed by atoms with E-state index >= 15 is 0 Å². The fourth-order valence-corrected chi connectivity index (χ4v) is 3.55. The quantitative estimate of drug-likeness (QED) is 0.431. The van der Waals surface area contributed by atoms with Gasteiger partial charge >= 0.3 is 6.09 Å². The molecule has 3 amide bonds. The molecule has 0 saturated carbocycles. The van der Waals surface area contributed by atoms with Gasteiger partial charge in [-0.25, -0.2) is 4.79 Å². The Morgan fingerprint density at radius 1 is 1.00 bits per heavy atom. The van der Waals surface area contributed by atoms with Crippen molar-refractivity contribution in [1.82, 2.24) is 16.0 Å². The highest BCUT2D eigenvalue weighted by Crippen LogP contribution is 2.18. The van der Waals surface area contributed by atoms with Gasteiger partial charge in [-0.05, 0) is 23.3 Å². The smallest absolute Gasteiger partial charge is 0.404 e. The van der Waals surface area contributed by atoms with Gasteiger partial charge in [-0.15, -0.1) is 11.8 Å². The predicted molar refractivity (Wildman–Crippen MR) is 114 cm³/mol. The molecule has 9 heteroatoms. The first-order chi connectivity index (χ1) is 14.5. The first kappa shape index (κ1) is 22.8. The minimum atomic E-state index is -1.15. The van der Waals surface area contributed by atoms with E-state index in [1.807, 2.05) is 36.4 Å². The molecule has 1 atom stereocenters. The summed E-state index contributed by atoms with van der Waals surface area (Å²) in [6.45, 7) is 0.0710. The number of carbonyl (C=O) groups excluding carboxylic acids is 2. The molecule has 0 radical (unpaired) electrons. The third kappa shape index (κ3) is 7.85. The molecule has 0 aromatic heterocycles. The van der Waals surface area contributed by atoms with E-state index in [1.165, 1.54) is 11.8 Å². The second kappa shape index (κ2) is 12.1. The van der Waals surface area contributed by atoms with Gasteiger partial charge in [-0.1, -0.05) is 42.5 Å². The van der Waals surface area contributed by atoms with E-state index in [0.29, 0.717) is 16.9 Å². The number of carboxylic acid groups (broad SMARTS) is 1. The van der Waals surface area contributed by atoms with Crippen molar-refractivity contribution in [2.24, 2.45) is 0 Å². The van der Waals surface area contributed by atoms with Gasteiger partial charge in [-0.2, -0.15) is 5.26 Å². The zero-order valence-electron chi connectivity index (χ0n) is 16.1. The van der Waals surface area contributed by atoms with E-state index in [0.717, 1.165) is 5.56 Å². The third-order valence-corrected chi connectivity index (χ3v) is 5.29. The van der Waals surface area contributed by atoms with E-state index in [2.05, 4.69) is 16.0 Å². The first-order valence-electron chi connectivity index (χ1n) is 9.13. The molecule has 1 unspecified atom stereocenters. The molecule has 2 aromatic carbocycles. The van der Waals surface area contributed by atoms with Crippen LogP contribution in [0.25, 0.3) is 0 Å². The summed E-state index contributed by atoms with van der Waals surface area (Å²) in [5.41, 5.74) is 2.06. The second-order valence-electron chi connectivity index (χ2n) is 6.23. The van der Waals surface area contributed by atoms with Crippen molar-refractivity contribution in [2.75, 3.05) is 13.1 Å². The molecular formula is C21H22N4O4S. The van der Waals surface area contributed by atoms with Crippen LogP contribution >= 0.6 is 11.8 Å². The van der Waals surface area contributed by atoms with E-state index in [1.54, 1.807) is 24.3 Å². The summed E-state index contributed by atoms with van der Waals surface area (Å²) in [5, 5.41) is 24.3. The van der Waals surface area contributed by atoms with Crippen LogP contribution in [-0.4, -0.2) is 41.4 Å². The summed E-state index contributed by atoms with van der Waals surface area (Å²) in [6.07, 6.45) is -1.15. The third-order valence-electron chi connectivity index (χ3n) is 4.01. The number of nitrogens with zero attached hydrogens (tertiary/aromatic N) is 1. The van der Waals surface area contributed by atoms with Crippen LogP contribution in [-0.2, 0) is 17.1 Å². The largest absolute Gasteiger partial charge is 0.465 e. The molecule has 4 N–H and O–H groups in total. The van der Waals surface area contributed by atoms with Gasteiger partial charge < -0.3 is 21.1 Å². The van der Waals surface area contributed by atoms with Crippen LogP contribution in [0.5, 0.6) is 0 Å². The Morgan fingerprint density at radius 3 is 2.43 bits per heavy atom. The van der Waals surface area contributed by atoms with E-state index in [-0.39, 0.29) is 31.4 Å². The number of thioether (sulfide) groups is 1. The van der Waals surface area contributed by atoms with Crippen LogP contribution in [0, 0.1) is 11.3 Å². The minimum absolute atomic E-state index is 0.0859. The van der Waals surface area contributed by atoms with Crippen LogP contribution in [0.2, 0.25) is 0 Å². The van der Waals surface area contributed by atoms with Gasteiger partial charge in [0, 0.05) is 24.4 Å². The maximum Gasteiger partial charge on any atom is 0.404 e. The lowest BCUT2D eigenvalue weighted by Crippen LogP contribution is -2.41. The monoisotopic (exact) mass is 426 g/mol. The molecule has 0 aliphatic rings. The molecule has 0 aliphatic carbocycles. The number of rotatable bonds is 10. The summed E-state index contributed by atoms with van der Waals surface area (Å²) >= 11 is 1.37. The first-order valence-corrected chi connectivity index (χ1v) is 10.2. The average molecular weight is 426 g/mol. The van der Waals surface area contributed by atoms with Crippen molar-refractivity contribution in [1.29, 1.82) is 5.26 Å². The number of hydrogen-bond donors (Lipinski definition) is 4. The molecule has 0 fully saturated rings. The second-order valence-corrected chi connectivity index (χ2v) is 7.42. The zero-order chi connectivity index (χ0) is 21.8. The standard InChI is InChI=1S/C21H22N4O4S/c22-9-10-23-20(27)18(30-14-15-5-2-1-3-6-15)13-24-19(26)17-8-4-7-16(11-17)12-25-21(28)29/h1-8,11,18,25H,10,12-14H2,(H,23,27)(H,24,26)(H,28,29). The van der Waals surface area contributed by atoms with Crippen molar-refractivity contribution in [3.05, 3.63) is 71.3 Å². The molecule has 2 aromatic rings. The molecule has 8 nitrogen and oxygen atoms in total. The van der Waals surface area contributed by atoms with Crippen molar-refractivity contribution in [3.63, 3.8) is 0 Å². The molecule has 0 spiro atoms. The fourth-order valence-electron chi connectivity index (χ4n) is 2.53. The van der Waals surface area contributed by atoms with Crippen LogP contribution in [0.3, 0.4) is 0 Å². The number of amides is 3. The summed E-state index contributed by atoms with van der Waals surface area (Å²) in [5.74, 6) is -0.111. The Bertz CT molecular complexity index is 915. The van der Waals surface area contributed by atoms with Crippen LogP contribution in [0.4, 0.5) is 4.79 Å². The zero-order valence-corrected chi connectivity index (χ0v) is 16.9. The summed E-state index contributed by atoms with van der Waals surface area (Å²) in [7, 11) is 0. The normalized spacial score (nSPS) is 11.0. The lowest BCUT2D eigenvalue weighted by Gasteiger charge is -2.17. The van der Waals surface area contributed by atoms with Gasteiger partial charge in [0.1, 0.15) is 11.8 Å². The number of benzene rings is 2. The van der Waals surface area contributed by atoms with Crippen molar-refractivity contribution in [3.8, 4) is 6.07 Å². The highest BCUT2D eigenvalue weighted by atomic mass is 32.2. The molecule has 2 rings (SSSR count). The van der Waals surface area contributed by atoms with Gasteiger partial charge in [-0.3, -0.25) is 9.59 Å². The molecule has 0 heterocycles. The maximum absolute atomic E-state index is 12.5. The number of carbonyl (C=O) groups is 3. The molecule has 156 valence electrons. The number of hydrogen-bond acceptors (Lipinski definition) is 5. The molecule has 0 aliphatic heterocycles. The summed E-state index contributed by atoms with van der Waals surface area (Å²) in [6, 6.07) is 18.1. The van der Waals surface area contributed by atoms with Crippen LogP contribution in [0.15, 0.2) is 54.6 Å². The molecule has 0 bridgehead atoms. The van der Waals surface area contributed by atoms with E-state index < -0.39 is 11.3 Å².